The molecule has 0 aliphatic rings. The van der Waals surface area contributed by atoms with Crippen LogP contribution in [0.25, 0.3) is 5.65 Å². The summed E-state index contributed by atoms with van der Waals surface area (Å²) in [5.74, 6) is 2.81. The normalized spacial score (nSPS) is 10.8. The summed E-state index contributed by atoms with van der Waals surface area (Å²) in [6.45, 7) is 0. The quantitative estimate of drug-likeness (QED) is 0.713. The van der Waals surface area contributed by atoms with Gasteiger partial charge in [-0.2, -0.15) is 11.8 Å². The number of nitrogens with zero attached hydrogens (tertiary/aromatic N) is 2. The molecule has 0 spiro atoms. The van der Waals surface area contributed by atoms with E-state index in [1.807, 2.05) is 48.3 Å². The lowest BCUT2D eigenvalue weighted by molar-refractivity contribution is 0.414. The van der Waals surface area contributed by atoms with Gasteiger partial charge >= 0.3 is 0 Å². The first kappa shape index (κ1) is 13.1. The molecule has 0 saturated heterocycles. The summed E-state index contributed by atoms with van der Waals surface area (Å²) >= 11 is 1.87. The lowest BCUT2D eigenvalue weighted by Crippen LogP contribution is -1.85. The Morgan fingerprint density at radius 3 is 2.70 bits per heavy atom. The van der Waals surface area contributed by atoms with Gasteiger partial charge in [0.15, 0.2) is 0 Å². The van der Waals surface area contributed by atoms with Crippen LogP contribution in [0.1, 0.15) is 11.3 Å². The summed E-state index contributed by atoms with van der Waals surface area (Å²) in [4.78, 5) is 4.59. The molecule has 4 heteroatoms. The molecule has 0 fully saturated rings. The molecule has 0 aliphatic carbocycles. The maximum atomic E-state index is 5.16. The molecule has 0 N–H and O–H groups in total. The smallest absolute Gasteiger partial charge is 0.137 e. The monoisotopic (exact) mass is 284 g/mol. The van der Waals surface area contributed by atoms with Crippen LogP contribution in [0, 0.1) is 0 Å². The first-order valence-corrected chi connectivity index (χ1v) is 7.64. The number of hydrogen-bond donors (Lipinski definition) is 0. The Balaban J connectivity index is 1.58. The van der Waals surface area contributed by atoms with Crippen LogP contribution < -0.4 is 4.74 Å². The molecule has 0 amide bonds. The second-order valence-electron chi connectivity index (χ2n) is 4.54. The van der Waals surface area contributed by atoms with Crippen molar-refractivity contribution in [2.45, 2.75) is 11.5 Å². The molecular weight excluding hydrogens is 268 g/mol. The zero-order valence-corrected chi connectivity index (χ0v) is 12.1. The minimum absolute atomic E-state index is 0.902. The molecule has 0 bridgehead atoms. The summed E-state index contributed by atoms with van der Waals surface area (Å²) < 4.78 is 7.22. The molecule has 3 rings (SSSR count). The van der Waals surface area contributed by atoms with Crippen LogP contribution in [0.3, 0.4) is 0 Å². The lowest BCUT2D eigenvalue weighted by Gasteiger charge is -2.02. The van der Waals surface area contributed by atoms with Crippen LogP contribution in [0.15, 0.2) is 54.9 Å². The average molecular weight is 284 g/mol. The molecule has 2 heterocycles. The number of aromatic nitrogens is 2. The van der Waals surface area contributed by atoms with Gasteiger partial charge in [0, 0.05) is 23.9 Å². The topological polar surface area (TPSA) is 26.5 Å². The summed E-state index contributed by atoms with van der Waals surface area (Å²) in [7, 11) is 1.69. The molecule has 20 heavy (non-hydrogen) atoms. The van der Waals surface area contributed by atoms with Crippen molar-refractivity contribution in [3.8, 4) is 5.75 Å². The SMILES string of the molecule is COc1ccc(CSCc2cn3ccccc3n2)cc1. The fourth-order valence-electron chi connectivity index (χ4n) is 2.05. The van der Waals surface area contributed by atoms with Crippen molar-refractivity contribution in [2.24, 2.45) is 0 Å². The summed E-state index contributed by atoms with van der Waals surface area (Å²) in [5.41, 5.74) is 3.43. The number of thioether (sulfide) groups is 1. The van der Waals surface area contributed by atoms with Gasteiger partial charge < -0.3 is 9.14 Å². The molecule has 0 aliphatic heterocycles. The van der Waals surface area contributed by atoms with E-state index in [9.17, 15) is 0 Å². The van der Waals surface area contributed by atoms with Gasteiger partial charge in [0.05, 0.1) is 12.8 Å². The van der Waals surface area contributed by atoms with Gasteiger partial charge in [0.2, 0.25) is 0 Å². The zero-order valence-electron chi connectivity index (χ0n) is 11.3. The predicted octanol–water partition coefficient (Wildman–Crippen LogP) is 3.78. The van der Waals surface area contributed by atoms with Gasteiger partial charge in [0.1, 0.15) is 11.4 Å². The Labute approximate surface area is 122 Å². The molecule has 3 nitrogen and oxygen atoms in total. The van der Waals surface area contributed by atoms with Gasteiger partial charge in [-0.15, -0.1) is 0 Å². The van der Waals surface area contributed by atoms with Crippen LogP contribution in [0.4, 0.5) is 0 Å². The molecule has 2 aromatic heterocycles. The third kappa shape index (κ3) is 2.96. The van der Waals surface area contributed by atoms with E-state index in [1.165, 1.54) is 5.56 Å². The van der Waals surface area contributed by atoms with E-state index < -0.39 is 0 Å². The summed E-state index contributed by atoms with van der Waals surface area (Å²) in [5, 5.41) is 0. The highest BCUT2D eigenvalue weighted by molar-refractivity contribution is 7.97. The van der Waals surface area contributed by atoms with Crippen LogP contribution >= 0.6 is 11.8 Å². The highest BCUT2D eigenvalue weighted by atomic mass is 32.2. The first-order valence-electron chi connectivity index (χ1n) is 6.48. The van der Waals surface area contributed by atoms with Crippen molar-refractivity contribution in [2.75, 3.05) is 7.11 Å². The third-order valence-corrected chi connectivity index (χ3v) is 4.13. The van der Waals surface area contributed by atoms with Gasteiger partial charge in [-0.1, -0.05) is 18.2 Å². The minimum atomic E-state index is 0.902. The van der Waals surface area contributed by atoms with Crippen LogP contribution in [-0.4, -0.2) is 16.5 Å². The molecular formula is C16H16N2OS. The van der Waals surface area contributed by atoms with Crippen molar-refractivity contribution in [1.29, 1.82) is 0 Å². The molecule has 0 radical (unpaired) electrons. The number of ether oxygens (including phenoxy) is 1. The van der Waals surface area contributed by atoms with Gasteiger partial charge in [0.25, 0.3) is 0 Å². The van der Waals surface area contributed by atoms with E-state index in [1.54, 1.807) is 7.11 Å². The number of methoxy groups -OCH3 is 1. The number of benzene rings is 1. The zero-order chi connectivity index (χ0) is 13.8. The number of rotatable bonds is 5. The fraction of sp³-hybridized carbons (Fsp3) is 0.188. The van der Waals surface area contributed by atoms with Crippen molar-refractivity contribution in [3.05, 3.63) is 66.1 Å². The van der Waals surface area contributed by atoms with E-state index >= 15 is 0 Å². The highest BCUT2D eigenvalue weighted by Crippen LogP contribution is 2.19. The predicted molar refractivity (Wildman–Crippen MR) is 83.2 cm³/mol. The van der Waals surface area contributed by atoms with E-state index in [0.717, 1.165) is 28.6 Å². The van der Waals surface area contributed by atoms with E-state index in [4.69, 9.17) is 4.74 Å². The van der Waals surface area contributed by atoms with Crippen molar-refractivity contribution in [1.82, 2.24) is 9.38 Å². The average Bonchev–Trinajstić information content (AvgIpc) is 2.90. The van der Waals surface area contributed by atoms with Crippen molar-refractivity contribution < 1.29 is 4.74 Å². The molecule has 102 valence electrons. The van der Waals surface area contributed by atoms with Crippen LogP contribution in [0.5, 0.6) is 5.75 Å². The number of imidazole rings is 1. The Hall–Kier alpha value is -1.94. The van der Waals surface area contributed by atoms with Crippen molar-refractivity contribution in [3.63, 3.8) is 0 Å². The lowest BCUT2D eigenvalue weighted by atomic mass is 10.2. The maximum absolute atomic E-state index is 5.16. The standard InChI is InChI=1S/C16H16N2OS/c1-19-15-7-5-13(6-8-15)11-20-12-14-10-18-9-3-2-4-16(18)17-14/h2-10H,11-12H2,1H3. The molecule has 0 saturated carbocycles. The van der Waals surface area contributed by atoms with Crippen molar-refractivity contribution >= 4 is 17.4 Å². The number of hydrogen-bond acceptors (Lipinski definition) is 3. The van der Waals surface area contributed by atoms with E-state index in [0.29, 0.717) is 0 Å². The van der Waals surface area contributed by atoms with E-state index in [-0.39, 0.29) is 0 Å². The largest absolute Gasteiger partial charge is 0.497 e. The summed E-state index contributed by atoms with van der Waals surface area (Å²) in [6.07, 6.45) is 4.12. The Bertz CT molecular complexity index is 658. The number of pyridine rings is 1. The first-order chi connectivity index (χ1) is 9.85. The molecule has 0 unspecified atom stereocenters. The third-order valence-electron chi connectivity index (χ3n) is 3.09. The van der Waals surface area contributed by atoms with Crippen LogP contribution in [0.2, 0.25) is 0 Å². The molecule has 0 atom stereocenters. The van der Waals surface area contributed by atoms with Crippen LogP contribution in [-0.2, 0) is 11.5 Å². The molecule has 1 aromatic carbocycles. The summed E-state index contributed by atoms with van der Waals surface area (Å²) in [6, 6.07) is 14.3. The van der Waals surface area contributed by atoms with E-state index in [2.05, 4.69) is 27.7 Å². The maximum Gasteiger partial charge on any atom is 0.137 e. The second-order valence-corrected chi connectivity index (χ2v) is 5.52. The Kier molecular flexibility index (Phi) is 3.92. The second kappa shape index (κ2) is 6.01. The minimum Gasteiger partial charge on any atom is -0.497 e. The highest BCUT2D eigenvalue weighted by Gasteiger charge is 2.01. The fourth-order valence-corrected chi connectivity index (χ4v) is 2.93. The molecule has 3 aromatic rings. The Morgan fingerprint density at radius 2 is 1.95 bits per heavy atom. The number of fused-ring (bicyclic) bond motifs is 1. The van der Waals surface area contributed by atoms with Gasteiger partial charge in [-0.25, -0.2) is 4.98 Å². The van der Waals surface area contributed by atoms with Gasteiger partial charge in [-0.05, 0) is 29.8 Å². The van der Waals surface area contributed by atoms with Gasteiger partial charge in [-0.3, -0.25) is 0 Å². The Morgan fingerprint density at radius 1 is 1.10 bits per heavy atom.